The smallest absolute Gasteiger partial charge is 0.0755 e. The predicted octanol–water partition coefficient (Wildman–Crippen LogP) is 3.20. The molecule has 5 heteroatoms. The Hall–Kier alpha value is -1.69. The van der Waals surface area contributed by atoms with Gasteiger partial charge in [-0.2, -0.15) is 5.10 Å². The van der Waals surface area contributed by atoms with Crippen molar-refractivity contribution in [3.63, 3.8) is 0 Å². The second-order valence-electron chi connectivity index (χ2n) is 5.32. The third kappa shape index (κ3) is 2.60. The van der Waals surface area contributed by atoms with E-state index in [0.29, 0.717) is 0 Å². The molecule has 3 heterocycles. The fourth-order valence-electron chi connectivity index (χ4n) is 2.88. The summed E-state index contributed by atoms with van der Waals surface area (Å²) in [6.45, 7) is 3.45. The summed E-state index contributed by atoms with van der Waals surface area (Å²) in [4.78, 5) is 3.88. The van der Waals surface area contributed by atoms with Gasteiger partial charge in [0.1, 0.15) is 0 Å². The van der Waals surface area contributed by atoms with Crippen LogP contribution in [-0.2, 0) is 11.3 Å². The molecule has 1 N–H and O–H groups in total. The quantitative estimate of drug-likeness (QED) is 0.807. The highest BCUT2D eigenvalue weighted by molar-refractivity contribution is 7.19. The van der Waals surface area contributed by atoms with Gasteiger partial charge in [0.2, 0.25) is 0 Å². The molecule has 0 aliphatic carbocycles. The van der Waals surface area contributed by atoms with Crippen LogP contribution in [0.15, 0.2) is 42.6 Å². The number of nitrogens with one attached hydrogen (secondary N) is 1. The standard InChI is InChI=1S/C16H17N3OS/c1-2-4-16-12(3-1)9-13(21-16)10-19-7-8-20-11-15(19)14-5-6-17-18-14/h1-6,9,15H,7-8,10-11H2,(H,17,18). The fourth-order valence-corrected chi connectivity index (χ4v) is 3.97. The molecule has 3 aromatic rings. The molecule has 1 fully saturated rings. The third-order valence-electron chi connectivity index (χ3n) is 3.96. The second-order valence-corrected chi connectivity index (χ2v) is 6.49. The number of hydrogen-bond donors (Lipinski definition) is 1. The Morgan fingerprint density at radius 3 is 3.14 bits per heavy atom. The summed E-state index contributed by atoms with van der Waals surface area (Å²) in [5.74, 6) is 0. The first kappa shape index (κ1) is 13.0. The van der Waals surface area contributed by atoms with E-state index in [4.69, 9.17) is 4.74 Å². The van der Waals surface area contributed by atoms with Crippen LogP contribution >= 0.6 is 11.3 Å². The molecule has 2 aromatic heterocycles. The van der Waals surface area contributed by atoms with E-state index in [2.05, 4.69) is 45.4 Å². The normalized spacial score (nSPS) is 20.1. The zero-order valence-electron chi connectivity index (χ0n) is 11.7. The number of hydrogen-bond acceptors (Lipinski definition) is 4. The van der Waals surface area contributed by atoms with Gasteiger partial charge >= 0.3 is 0 Å². The van der Waals surface area contributed by atoms with Crippen molar-refractivity contribution in [2.45, 2.75) is 12.6 Å². The van der Waals surface area contributed by atoms with Gasteiger partial charge in [0.05, 0.1) is 24.9 Å². The Labute approximate surface area is 127 Å². The van der Waals surface area contributed by atoms with Crippen LogP contribution < -0.4 is 0 Å². The van der Waals surface area contributed by atoms with E-state index in [-0.39, 0.29) is 6.04 Å². The van der Waals surface area contributed by atoms with Crippen molar-refractivity contribution in [1.82, 2.24) is 15.1 Å². The lowest BCUT2D eigenvalue weighted by Crippen LogP contribution is -2.39. The topological polar surface area (TPSA) is 41.1 Å². The molecular formula is C16H17N3OS. The molecule has 4 nitrogen and oxygen atoms in total. The van der Waals surface area contributed by atoms with Crippen LogP contribution in [-0.4, -0.2) is 34.9 Å². The fraction of sp³-hybridized carbons (Fsp3) is 0.312. The molecular weight excluding hydrogens is 282 g/mol. The van der Waals surface area contributed by atoms with Crippen molar-refractivity contribution in [3.8, 4) is 0 Å². The summed E-state index contributed by atoms with van der Waals surface area (Å²) in [5.41, 5.74) is 1.14. The van der Waals surface area contributed by atoms with E-state index in [9.17, 15) is 0 Å². The number of morpholine rings is 1. The molecule has 0 saturated carbocycles. The van der Waals surface area contributed by atoms with Crippen LogP contribution in [0.1, 0.15) is 16.6 Å². The molecule has 21 heavy (non-hydrogen) atoms. The molecule has 1 aliphatic heterocycles. The average Bonchev–Trinajstić information content (AvgIpc) is 3.16. The number of ether oxygens (including phenoxy) is 1. The van der Waals surface area contributed by atoms with E-state index in [1.807, 2.05) is 23.6 Å². The summed E-state index contributed by atoms with van der Waals surface area (Å²) < 4.78 is 7.01. The Kier molecular flexibility index (Phi) is 3.47. The van der Waals surface area contributed by atoms with E-state index >= 15 is 0 Å². The maximum atomic E-state index is 5.65. The molecule has 1 unspecified atom stereocenters. The number of aromatic amines is 1. The van der Waals surface area contributed by atoms with Gasteiger partial charge in [-0.15, -0.1) is 11.3 Å². The molecule has 0 spiro atoms. The van der Waals surface area contributed by atoms with Gasteiger partial charge in [0.15, 0.2) is 0 Å². The Morgan fingerprint density at radius 2 is 2.29 bits per heavy atom. The van der Waals surface area contributed by atoms with Gasteiger partial charge in [-0.3, -0.25) is 10.00 Å². The van der Waals surface area contributed by atoms with E-state index < -0.39 is 0 Å². The highest BCUT2D eigenvalue weighted by Gasteiger charge is 2.26. The van der Waals surface area contributed by atoms with Crippen LogP contribution in [0.3, 0.4) is 0 Å². The Morgan fingerprint density at radius 1 is 1.33 bits per heavy atom. The summed E-state index contributed by atoms with van der Waals surface area (Å²) in [6.07, 6.45) is 1.81. The second kappa shape index (κ2) is 5.60. The minimum Gasteiger partial charge on any atom is -0.378 e. The molecule has 1 saturated heterocycles. The predicted molar refractivity (Wildman–Crippen MR) is 84.4 cm³/mol. The lowest BCUT2D eigenvalue weighted by molar-refractivity contribution is -0.0138. The monoisotopic (exact) mass is 299 g/mol. The number of benzene rings is 1. The van der Waals surface area contributed by atoms with Crippen molar-refractivity contribution in [2.24, 2.45) is 0 Å². The highest BCUT2D eigenvalue weighted by atomic mass is 32.1. The van der Waals surface area contributed by atoms with Crippen LogP contribution in [0.2, 0.25) is 0 Å². The molecule has 0 bridgehead atoms. The largest absolute Gasteiger partial charge is 0.378 e. The van der Waals surface area contributed by atoms with Crippen LogP contribution in [0.25, 0.3) is 10.1 Å². The third-order valence-corrected chi connectivity index (χ3v) is 5.06. The van der Waals surface area contributed by atoms with Crippen molar-refractivity contribution < 1.29 is 4.74 Å². The molecule has 0 amide bonds. The molecule has 1 aromatic carbocycles. The molecule has 1 atom stereocenters. The van der Waals surface area contributed by atoms with Gasteiger partial charge in [-0.25, -0.2) is 0 Å². The van der Waals surface area contributed by atoms with Gasteiger partial charge in [0.25, 0.3) is 0 Å². The first-order valence-corrected chi connectivity index (χ1v) is 8.00. The zero-order valence-corrected chi connectivity index (χ0v) is 12.5. The summed E-state index contributed by atoms with van der Waals surface area (Å²) in [7, 11) is 0. The first-order valence-electron chi connectivity index (χ1n) is 7.19. The highest BCUT2D eigenvalue weighted by Crippen LogP contribution is 2.30. The van der Waals surface area contributed by atoms with Crippen molar-refractivity contribution in [1.29, 1.82) is 0 Å². The average molecular weight is 299 g/mol. The number of aromatic nitrogens is 2. The molecule has 4 rings (SSSR count). The minimum absolute atomic E-state index is 0.270. The number of fused-ring (bicyclic) bond motifs is 1. The zero-order chi connectivity index (χ0) is 14.1. The van der Waals surface area contributed by atoms with Gasteiger partial charge in [-0.05, 0) is 23.6 Å². The van der Waals surface area contributed by atoms with E-state index in [1.54, 1.807) is 0 Å². The van der Waals surface area contributed by atoms with Crippen molar-refractivity contribution in [2.75, 3.05) is 19.8 Å². The van der Waals surface area contributed by atoms with Gasteiger partial charge in [-0.1, -0.05) is 18.2 Å². The maximum Gasteiger partial charge on any atom is 0.0755 e. The van der Waals surface area contributed by atoms with Crippen molar-refractivity contribution >= 4 is 21.4 Å². The number of thiophene rings is 1. The molecule has 108 valence electrons. The lowest BCUT2D eigenvalue weighted by Gasteiger charge is -2.34. The van der Waals surface area contributed by atoms with Crippen LogP contribution in [0.5, 0.6) is 0 Å². The van der Waals surface area contributed by atoms with E-state index in [0.717, 1.165) is 32.0 Å². The molecule has 0 radical (unpaired) electrons. The SMILES string of the molecule is c1ccc2sc(CN3CCOCC3c3ccn[nH]3)cc2c1. The summed E-state index contributed by atoms with van der Waals surface area (Å²) in [5, 5.41) is 8.49. The van der Waals surface area contributed by atoms with E-state index in [1.165, 1.54) is 15.0 Å². The summed E-state index contributed by atoms with van der Waals surface area (Å²) in [6, 6.07) is 13.2. The van der Waals surface area contributed by atoms with Gasteiger partial charge in [0, 0.05) is 28.9 Å². The minimum atomic E-state index is 0.270. The van der Waals surface area contributed by atoms with Crippen molar-refractivity contribution in [3.05, 3.63) is 53.2 Å². The van der Waals surface area contributed by atoms with Crippen LogP contribution in [0, 0.1) is 0 Å². The summed E-state index contributed by atoms with van der Waals surface area (Å²) >= 11 is 1.88. The Balaban J connectivity index is 1.59. The molecule has 1 aliphatic rings. The van der Waals surface area contributed by atoms with Gasteiger partial charge < -0.3 is 4.74 Å². The maximum absolute atomic E-state index is 5.65. The Bertz CT molecular complexity index is 689. The number of H-pyrrole nitrogens is 1. The van der Waals surface area contributed by atoms with Crippen LogP contribution in [0.4, 0.5) is 0 Å². The number of nitrogens with zero attached hydrogens (tertiary/aromatic N) is 2. The number of rotatable bonds is 3. The lowest BCUT2D eigenvalue weighted by atomic mass is 10.1. The first-order chi connectivity index (χ1) is 10.4.